The minimum absolute atomic E-state index is 0.340. The molecule has 0 spiro atoms. The number of nitrogens with zero attached hydrogens (tertiary/aromatic N) is 6. The molecule has 0 atom stereocenters. The van der Waals surface area contributed by atoms with Gasteiger partial charge in [0.1, 0.15) is 0 Å². The highest BCUT2D eigenvalue weighted by Gasteiger charge is 2.11. The van der Waals surface area contributed by atoms with Crippen LogP contribution in [0.3, 0.4) is 0 Å². The summed E-state index contributed by atoms with van der Waals surface area (Å²) in [4.78, 5) is 8.91. The summed E-state index contributed by atoms with van der Waals surface area (Å²) in [6.07, 6.45) is 2.94. The van der Waals surface area contributed by atoms with Crippen molar-refractivity contribution in [3.8, 4) is 11.8 Å². The fraction of sp³-hybridized carbons (Fsp3) is 0.150. The third-order valence-electron chi connectivity index (χ3n) is 4.31. The van der Waals surface area contributed by atoms with Crippen molar-refractivity contribution >= 4 is 22.8 Å². The minimum atomic E-state index is 0.340. The molecule has 8 heteroatoms. The van der Waals surface area contributed by atoms with Crippen molar-refractivity contribution in [1.29, 1.82) is 5.26 Å². The summed E-state index contributed by atoms with van der Waals surface area (Å²) in [5.74, 6) is 0.467. The van der Waals surface area contributed by atoms with Crippen LogP contribution in [0.2, 0.25) is 0 Å². The van der Waals surface area contributed by atoms with Crippen LogP contribution in [0.15, 0.2) is 54.7 Å². The van der Waals surface area contributed by atoms with Crippen LogP contribution >= 0.6 is 0 Å². The van der Waals surface area contributed by atoms with Gasteiger partial charge in [-0.25, -0.2) is 4.98 Å². The molecule has 0 aliphatic carbocycles. The molecular formula is C20H19N8+. The fourth-order valence-electron chi connectivity index (χ4n) is 2.94. The van der Waals surface area contributed by atoms with E-state index in [9.17, 15) is 0 Å². The Morgan fingerprint density at radius 1 is 1.11 bits per heavy atom. The van der Waals surface area contributed by atoms with Crippen LogP contribution in [0.4, 0.5) is 11.6 Å². The highest BCUT2D eigenvalue weighted by Crippen LogP contribution is 2.19. The largest absolute Gasteiger partial charge is 0.357 e. The Kier molecular flexibility index (Phi) is 4.91. The monoisotopic (exact) mass is 371 g/mol. The molecule has 0 radical (unpaired) electrons. The van der Waals surface area contributed by atoms with E-state index in [-0.39, 0.29) is 0 Å². The second-order valence-electron chi connectivity index (χ2n) is 6.33. The van der Waals surface area contributed by atoms with Crippen LogP contribution in [0, 0.1) is 11.3 Å². The molecule has 4 aromatic rings. The zero-order valence-electron chi connectivity index (χ0n) is 15.2. The number of anilines is 2. The lowest BCUT2D eigenvalue weighted by Gasteiger charge is -2.07. The van der Waals surface area contributed by atoms with Crippen LogP contribution in [0.1, 0.15) is 11.1 Å². The van der Waals surface area contributed by atoms with Gasteiger partial charge in [-0.3, -0.25) is 0 Å². The van der Waals surface area contributed by atoms with E-state index in [1.807, 2.05) is 36.4 Å². The summed E-state index contributed by atoms with van der Waals surface area (Å²) in [5, 5.41) is 20.5. The molecule has 0 unspecified atom stereocenters. The highest BCUT2D eigenvalue weighted by molar-refractivity contribution is 5.72. The summed E-state index contributed by atoms with van der Waals surface area (Å²) in [6, 6.07) is 17.9. The second-order valence-corrected chi connectivity index (χ2v) is 6.33. The Balaban J connectivity index is 1.64. The van der Waals surface area contributed by atoms with Gasteiger partial charge in [0, 0.05) is 12.1 Å². The molecule has 4 rings (SSSR count). The van der Waals surface area contributed by atoms with Crippen LogP contribution in [-0.2, 0) is 12.8 Å². The van der Waals surface area contributed by atoms with Crippen molar-refractivity contribution < 1.29 is 5.73 Å². The zero-order valence-corrected chi connectivity index (χ0v) is 15.2. The van der Waals surface area contributed by atoms with Gasteiger partial charge in [-0.05, 0) is 35.4 Å². The van der Waals surface area contributed by atoms with Gasteiger partial charge in [0.15, 0.2) is 11.2 Å². The zero-order chi connectivity index (χ0) is 19.3. The Labute approximate surface area is 161 Å². The van der Waals surface area contributed by atoms with E-state index in [0.717, 1.165) is 29.9 Å². The van der Waals surface area contributed by atoms with Crippen molar-refractivity contribution in [3.05, 3.63) is 65.9 Å². The molecular weight excluding hydrogens is 352 g/mol. The summed E-state index contributed by atoms with van der Waals surface area (Å²) < 4.78 is 1.65. The summed E-state index contributed by atoms with van der Waals surface area (Å²) in [7, 11) is 0. The predicted molar refractivity (Wildman–Crippen MR) is 105 cm³/mol. The second kappa shape index (κ2) is 7.82. The summed E-state index contributed by atoms with van der Waals surface area (Å²) in [6.45, 7) is 0.874. The number of aromatic nitrogens is 5. The third kappa shape index (κ3) is 3.65. The van der Waals surface area contributed by atoms with E-state index < -0.39 is 0 Å². The molecule has 0 fully saturated rings. The van der Waals surface area contributed by atoms with Gasteiger partial charge in [-0.1, -0.05) is 29.5 Å². The number of nitriles is 1. The first-order chi connectivity index (χ1) is 13.8. The molecule has 138 valence electrons. The number of hydrogen-bond donors (Lipinski definition) is 2. The maximum Gasteiger partial charge on any atom is 0.229 e. The average molecular weight is 371 g/mol. The number of hydrogen-bond acceptors (Lipinski definition) is 6. The Morgan fingerprint density at radius 3 is 2.75 bits per heavy atom. The molecule has 0 aliphatic rings. The van der Waals surface area contributed by atoms with Crippen molar-refractivity contribution in [2.45, 2.75) is 12.8 Å². The average Bonchev–Trinajstić information content (AvgIpc) is 3.13. The number of rotatable bonds is 6. The van der Waals surface area contributed by atoms with E-state index in [1.165, 1.54) is 5.56 Å². The molecule has 0 aliphatic heterocycles. The van der Waals surface area contributed by atoms with Crippen LogP contribution < -0.4 is 11.1 Å². The standard InChI is InChI=1S/C20H18N8/c21-10-8-14-4-6-16(7-5-14)24-20-23-13-18-19(25-20)28(27-26-18)17-3-1-2-15(12-17)9-11-22/h1-7,12-13H,8-10,21H2,(H,23,24,25)/p+1. The maximum absolute atomic E-state index is 8.92. The molecule has 0 amide bonds. The Hall–Kier alpha value is -3.83. The first kappa shape index (κ1) is 17.6. The van der Waals surface area contributed by atoms with Crippen molar-refractivity contribution in [1.82, 2.24) is 25.0 Å². The highest BCUT2D eigenvalue weighted by atomic mass is 15.4. The minimum Gasteiger partial charge on any atom is -0.357 e. The molecule has 2 aromatic carbocycles. The fourth-order valence-corrected chi connectivity index (χ4v) is 2.94. The number of fused-ring (bicyclic) bond motifs is 1. The normalized spacial score (nSPS) is 10.7. The lowest BCUT2D eigenvalue weighted by Crippen LogP contribution is -2.51. The lowest BCUT2D eigenvalue weighted by atomic mass is 10.1. The van der Waals surface area contributed by atoms with Gasteiger partial charge in [0.05, 0.1) is 30.9 Å². The van der Waals surface area contributed by atoms with E-state index in [2.05, 4.69) is 49.5 Å². The van der Waals surface area contributed by atoms with Crippen LogP contribution in [0.5, 0.6) is 0 Å². The van der Waals surface area contributed by atoms with Crippen molar-refractivity contribution in [3.63, 3.8) is 0 Å². The molecule has 4 N–H and O–H groups in total. The van der Waals surface area contributed by atoms with Gasteiger partial charge in [0.2, 0.25) is 5.95 Å². The number of nitrogens with one attached hydrogen (secondary N) is 1. The Morgan fingerprint density at radius 2 is 1.96 bits per heavy atom. The lowest BCUT2D eigenvalue weighted by molar-refractivity contribution is -0.366. The number of quaternary nitrogens is 1. The van der Waals surface area contributed by atoms with E-state index in [4.69, 9.17) is 5.26 Å². The molecule has 0 bridgehead atoms. The van der Waals surface area contributed by atoms with Crippen LogP contribution in [-0.4, -0.2) is 31.5 Å². The van der Waals surface area contributed by atoms with Crippen molar-refractivity contribution in [2.75, 3.05) is 11.9 Å². The Bertz CT molecular complexity index is 1140. The van der Waals surface area contributed by atoms with Crippen LogP contribution in [0.25, 0.3) is 16.9 Å². The van der Waals surface area contributed by atoms with E-state index in [1.54, 1.807) is 10.9 Å². The first-order valence-electron chi connectivity index (χ1n) is 8.97. The van der Waals surface area contributed by atoms with E-state index in [0.29, 0.717) is 23.5 Å². The SMILES string of the molecule is N#CCc1cccc(-n2nnc3cnc(Nc4ccc(CC[NH3+])cc4)nc32)c1. The summed E-state index contributed by atoms with van der Waals surface area (Å²) >= 11 is 0. The molecule has 2 aromatic heterocycles. The van der Waals surface area contributed by atoms with E-state index >= 15 is 0 Å². The molecule has 2 heterocycles. The maximum atomic E-state index is 8.92. The summed E-state index contributed by atoms with van der Waals surface area (Å²) in [5.41, 5.74) is 8.94. The smallest absolute Gasteiger partial charge is 0.229 e. The third-order valence-corrected chi connectivity index (χ3v) is 4.31. The van der Waals surface area contributed by atoms with Gasteiger partial charge in [-0.2, -0.15) is 14.9 Å². The molecule has 8 nitrogen and oxygen atoms in total. The molecule has 0 saturated carbocycles. The first-order valence-corrected chi connectivity index (χ1v) is 8.97. The topological polar surface area (TPSA) is 120 Å². The van der Waals surface area contributed by atoms with Crippen molar-refractivity contribution in [2.24, 2.45) is 0 Å². The van der Waals surface area contributed by atoms with Gasteiger partial charge in [0.25, 0.3) is 0 Å². The predicted octanol–water partition coefficient (Wildman–Crippen LogP) is 1.80. The molecule has 28 heavy (non-hydrogen) atoms. The number of benzene rings is 2. The van der Waals surface area contributed by atoms with Gasteiger partial charge in [-0.15, -0.1) is 5.10 Å². The van der Waals surface area contributed by atoms with Gasteiger partial charge < -0.3 is 11.1 Å². The quantitative estimate of drug-likeness (QED) is 0.533. The van der Waals surface area contributed by atoms with Gasteiger partial charge >= 0.3 is 0 Å². The molecule has 0 saturated heterocycles.